The number of amides is 2. The van der Waals surface area contributed by atoms with Crippen molar-refractivity contribution >= 4 is 12.0 Å². The van der Waals surface area contributed by atoms with Crippen LogP contribution in [0.2, 0.25) is 0 Å². The van der Waals surface area contributed by atoms with Crippen LogP contribution in [-0.2, 0) is 9.53 Å². The molecule has 3 rings (SSSR count). The number of nitrogens with zero attached hydrogens (tertiary/aromatic N) is 2. The lowest BCUT2D eigenvalue weighted by atomic mass is 9.87. The number of cyclic esters (lactones) is 1. The summed E-state index contributed by atoms with van der Waals surface area (Å²) in [6, 6.07) is 0.213. The maximum Gasteiger partial charge on any atom is 0.410 e. The average Bonchev–Trinajstić information content (AvgIpc) is 3.22. The Morgan fingerprint density at radius 1 is 1.44 bits per heavy atom. The van der Waals surface area contributed by atoms with Crippen molar-refractivity contribution in [1.29, 1.82) is 0 Å². The molecule has 0 aromatic heterocycles. The fraction of sp³-hybridized carbons (Fsp3) is 0.882. The number of nitrogens with one attached hydrogen (secondary N) is 2. The third-order valence-electron chi connectivity index (χ3n) is 5.77. The summed E-state index contributed by atoms with van der Waals surface area (Å²) in [4.78, 5) is 26.9. The van der Waals surface area contributed by atoms with Gasteiger partial charge in [0.25, 0.3) is 0 Å². The van der Waals surface area contributed by atoms with Crippen molar-refractivity contribution in [3.05, 3.63) is 0 Å². The van der Waals surface area contributed by atoms with E-state index in [-0.39, 0.29) is 30.2 Å². The molecule has 8 heteroatoms. The van der Waals surface area contributed by atoms with Crippen LogP contribution in [0.15, 0.2) is 0 Å². The molecule has 2 aliphatic heterocycles. The zero-order valence-electron chi connectivity index (χ0n) is 15.0. The van der Waals surface area contributed by atoms with Gasteiger partial charge < -0.3 is 20.3 Å². The van der Waals surface area contributed by atoms with Gasteiger partial charge in [-0.2, -0.15) is 0 Å². The summed E-state index contributed by atoms with van der Waals surface area (Å²) >= 11 is 0. The van der Waals surface area contributed by atoms with Gasteiger partial charge in [-0.1, -0.05) is 0 Å². The van der Waals surface area contributed by atoms with E-state index in [0.29, 0.717) is 25.6 Å². The summed E-state index contributed by atoms with van der Waals surface area (Å²) in [5.41, 5.74) is 0. The smallest absolute Gasteiger partial charge is 0.410 e. The third kappa shape index (κ3) is 4.23. The summed E-state index contributed by atoms with van der Waals surface area (Å²) in [6.07, 6.45) is 1.28. The Kier molecular flexibility index (Phi) is 5.78. The van der Waals surface area contributed by atoms with Crippen molar-refractivity contribution in [3.8, 4) is 0 Å². The van der Waals surface area contributed by atoms with Gasteiger partial charge in [-0.3, -0.25) is 9.69 Å². The Balaban J connectivity index is 1.52. The van der Waals surface area contributed by atoms with E-state index in [1.54, 1.807) is 4.90 Å². The molecule has 0 spiro atoms. The number of alkyl halides is 1. The van der Waals surface area contributed by atoms with Gasteiger partial charge in [0.05, 0.1) is 13.1 Å². The van der Waals surface area contributed by atoms with Crippen LogP contribution < -0.4 is 10.6 Å². The van der Waals surface area contributed by atoms with Crippen LogP contribution in [0.4, 0.5) is 9.18 Å². The molecular weight excluding hydrogens is 327 g/mol. The molecular formula is C17H29FN4O3. The number of carbonyl (C=O) groups is 2. The molecule has 3 fully saturated rings. The molecule has 7 nitrogen and oxygen atoms in total. The highest BCUT2D eigenvalue weighted by molar-refractivity contribution is 5.73. The molecule has 142 valence electrons. The SMILES string of the molecule is CC(=O)NC[C@H]1CN(C2CCC(N(C)C3CCNC3)C(F)C2)C(=O)O1. The van der Waals surface area contributed by atoms with Gasteiger partial charge in [-0.25, -0.2) is 9.18 Å². The molecule has 2 saturated heterocycles. The maximum absolute atomic E-state index is 14.8. The molecule has 2 N–H and O–H groups in total. The van der Waals surface area contributed by atoms with Gasteiger partial charge in [0.2, 0.25) is 5.91 Å². The van der Waals surface area contributed by atoms with Crippen LogP contribution in [0.1, 0.15) is 32.6 Å². The lowest BCUT2D eigenvalue weighted by molar-refractivity contribution is -0.119. The Bertz CT molecular complexity index is 500. The maximum atomic E-state index is 14.8. The summed E-state index contributed by atoms with van der Waals surface area (Å²) < 4.78 is 20.1. The van der Waals surface area contributed by atoms with Gasteiger partial charge in [0.15, 0.2) is 0 Å². The minimum atomic E-state index is -0.938. The Labute approximate surface area is 148 Å². The first-order valence-corrected chi connectivity index (χ1v) is 9.24. The molecule has 0 radical (unpaired) electrons. The third-order valence-corrected chi connectivity index (χ3v) is 5.77. The first-order chi connectivity index (χ1) is 12.0. The Morgan fingerprint density at radius 2 is 2.24 bits per heavy atom. The van der Waals surface area contributed by atoms with E-state index in [1.807, 2.05) is 7.05 Å². The van der Waals surface area contributed by atoms with E-state index >= 15 is 0 Å². The zero-order valence-corrected chi connectivity index (χ0v) is 15.0. The number of hydrogen-bond donors (Lipinski definition) is 2. The second-order valence-corrected chi connectivity index (χ2v) is 7.46. The Morgan fingerprint density at radius 3 is 2.88 bits per heavy atom. The number of rotatable bonds is 5. The van der Waals surface area contributed by atoms with Gasteiger partial charge in [-0.15, -0.1) is 0 Å². The molecule has 1 aliphatic carbocycles. The summed E-state index contributed by atoms with van der Waals surface area (Å²) in [5, 5.41) is 5.99. The van der Waals surface area contributed by atoms with E-state index in [1.165, 1.54) is 6.92 Å². The largest absolute Gasteiger partial charge is 0.442 e. The lowest BCUT2D eigenvalue weighted by Crippen LogP contribution is -2.52. The lowest BCUT2D eigenvalue weighted by Gasteiger charge is -2.41. The predicted octanol–water partition coefficient (Wildman–Crippen LogP) is 0.496. The molecule has 0 aromatic carbocycles. The highest BCUT2D eigenvalue weighted by Gasteiger charge is 2.42. The van der Waals surface area contributed by atoms with Crippen LogP contribution in [0, 0.1) is 0 Å². The van der Waals surface area contributed by atoms with E-state index in [2.05, 4.69) is 15.5 Å². The molecule has 3 aliphatic rings. The van der Waals surface area contributed by atoms with Gasteiger partial charge in [0, 0.05) is 38.0 Å². The summed E-state index contributed by atoms with van der Waals surface area (Å²) in [7, 11) is 2.02. The molecule has 2 heterocycles. The molecule has 0 bridgehead atoms. The standard InChI is InChI=1S/C17H29FN4O3/c1-11(23)20-9-14-10-22(17(24)25-14)12-3-4-16(15(18)7-12)21(2)13-5-6-19-8-13/h12-16,19H,3-10H2,1-2H3,(H,20,23)/t12?,13?,14-,15?,16?/m0/s1. The van der Waals surface area contributed by atoms with Crippen molar-refractivity contribution in [1.82, 2.24) is 20.4 Å². The topological polar surface area (TPSA) is 73.9 Å². The van der Waals surface area contributed by atoms with Crippen molar-refractivity contribution in [2.75, 3.05) is 33.2 Å². The van der Waals surface area contributed by atoms with Crippen molar-refractivity contribution < 1.29 is 18.7 Å². The number of ether oxygens (including phenoxy) is 1. The minimum Gasteiger partial charge on any atom is -0.442 e. The first kappa shape index (κ1) is 18.4. The quantitative estimate of drug-likeness (QED) is 0.750. The Hall–Kier alpha value is -1.41. The predicted molar refractivity (Wildman–Crippen MR) is 91.0 cm³/mol. The fourth-order valence-electron chi connectivity index (χ4n) is 4.28. The van der Waals surface area contributed by atoms with Crippen LogP contribution in [0.5, 0.6) is 0 Å². The molecule has 2 amide bonds. The molecule has 0 aromatic rings. The van der Waals surface area contributed by atoms with Crippen molar-refractivity contribution in [2.24, 2.45) is 0 Å². The molecule has 5 atom stereocenters. The average molecular weight is 356 g/mol. The summed E-state index contributed by atoms with van der Waals surface area (Å²) in [5.74, 6) is -0.150. The van der Waals surface area contributed by atoms with Crippen LogP contribution in [-0.4, -0.2) is 85.4 Å². The van der Waals surface area contributed by atoms with Gasteiger partial charge in [-0.05, 0) is 32.9 Å². The highest BCUT2D eigenvalue weighted by atomic mass is 19.1. The molecule has 1 saturated carbocycles. The fourth-order valence-corrected chi connectivity index (χ4v) is 4.28. The number of halogens is 1. The van der Waals surface area contributed by atoms with E-state index in [0.717, 1.165) is 32.4 Å². The van der Waals surface area contributed by atoms with E-state index in [4.69, 9.17) is 4.74 Å². The van der Waals surface area contributed by atoms with E-state index < -0.39 is 6.17 Å². The molecule has 4 unspecified atom stereocenters. The van der Waals surface area contributed by atoms with Gasteiger partial charge in [0.1, 0.15) is 12.3 Å². The van der Waals surface area contributed by atoms with Crippen molar-refractivity contribution in [2.45, 2.75) is 63.0 Å². The number of hydrogen-bond acceptors (Lipinski definition) is 5. The zero-order chi connectivity index (χ0) is 18.0. The second kappa shape index (κ2) is 7.86. The van der Waals surface area contributed by atoms with Crippen molar-refractivity contribution in [3.63, 3.8) is 0 Å². The normalized spacial score (nSPS) is 35.9. The molecule has 25 heavy (non-hydrogen) atoms. The second-order valence-electron chi connectivity index (χ2n) is 7.46. The first-order valence-electron chi connectivity index (χ1n) is 9.24. The van der Waals surface area contributed by atoms with Gasteiger partial charge >= 0.3 is 6.09 Å². The number of likely N-dealkylation sites (N-methyl/N-ethyl adjacent to an activating group) is 1. The minimum absolute atomic E-state index is 0.0741. The monoisotopic (exact) mass is 356 g/mol. The summed E-state index contributed by atoms with van der Waals surface area (Å²) in [6.45, 7) is 4.08. The number of carbonyl (C=O) groups excluding carboxylic acids is 2. The van der Waals surface area contributed by atoms with Crippen LogP contribution in [0.3, 0.4) is 0 Å². The van der Waals surface area contributed by atoms with Crippen LogP contribution >= 0.6 is 0 Å². The highest BCUT2D eigenvalue weighted by Crippen LogP contribution is 2.32. The van der Waals surface area contributed by atoms with Crippen LogP contribution in [0.25, 0.3) is 0 Å². The van der Waals surface area contributed by atoms with E-state index in [9.17, 15) is 14.0 Å².